The van der Waals surface area contributed by atoms with Gasteiger partial charge in [0.1, 0.15) is 5.75 Å². The third-order valence-electron chi connectivity index (χ3n) is 3.84. The van der Waals surface area contributed by atoms with Crippen molar-refractivity contribution >= 4 is 23.2 Å². The van der Waals surface area contributed by atoms with E-state index >= 15 is 0 Å². The van der Waals surface area contributed by atoms with Gasteiger partial charge in [-0.2, -0.15) is 0 Å². The van der Waals surface area contributed by atoms with Crippen molar-refractivity contribution in [2.24, 2.45) is 11.8 Å². The van der Waals surface area contributed by atoms with E-state index in [2.05, 4.69) is 10.6 Å². The van der Waals surface area contributed by atoms with Crippen molar-refractivity contribution < 1.29 is 14.3 Å². The second kappa shape index (κ2) is 6.52. The molecule has 2 N–H and O–H groups in total. The highest BCUT2D eigenvalue weighted by Crippen LogP contribution is 2.40. The van der Waals surface area contributed by atoms with Crippen molar-refractivity contribution in [3.63, 3.8) is 0 Å². The molecule has 5 nitrogen and oxygen atoms in total. The largest absolute Gasteiger partial charge is 0.497 e. The molecule has 1 fully saturated rings. The van der Waals surface area contributed by atoms with Crippen LogP contribution >= 0.6 is 0 Å². The molecular weight excluding hydrogens is 292 g/mol. The van der Waals surface area contributed by atoms with E-state index in [0.29, 0.717) is 17.9 Å². The molecule has 0 aliphatic heterocycles. The summed E-state index contributed by atoms with van der Waals surface area (Å²) in [5.41, 5.74) is 1.42. The summed E-state index contributed by atoms with van der Waals surface area (Å²) in [4.78, 5) is 24.3. The van der Waals surface area contributed by atoms with Crippen molar-refractivity contribution in [1.82, 2.24) is 0 Å². The van der Waals surface area contributed by atoms with Crippen molar-refractivity contribution in [2.45, 2.75) is 6.42 Å². The number of ether oxygens (including phenoxy) is 1. The first kappa shape index (κ1) is 15.1. The number of nitrogens with one attached hydrogen (secondary N) is 2. The molecule has 1 saturated carbocycles. The molecule has 3 rings (SSSR count). The maximum absolute atomic E-state index is 12.2. The van der Waals surface area contributed by atoms with Crippen LogP contribution in [0.4, 0.5) is 11.4 Å². The Labute approximate surface area is 134 Å². The molecule has 1 aliphatic carbocycles. The average molecular weight is 310 g/mol. The molecule has 2 amide bonds. The second-order valence-electron chi connectivity index (χ2n) is 5.53. The normalized spacial score (nSPS) is 18.8. The fraction of sp³-hybridized carbons (Fsp3) is 0.222. The Morgan fingerprint density at radius 3 is 2.17 bits per heavy atom. The Morgan fingerprint density at radius 2 is 1.52 bits per heavy atom. The van der Waals surface area contributed by atoms with Gasteiger partial charge in [0.15, 0.2) is 0 Å². The van der Waals surface area contributed by atoms with Gasteiger partial charge in [-0.05, 0) is 30.7 Å². The van der Waals surface area contributed by atoms with E-state index in [1.165, 1.54) is 0 Å². The summed E-state index contributed by atoms with van der Waals surface area (Å²) in [5, 5.41) is 5.66. The number of hydrogen-bond acceptors (Lipinski definition) is 3. The lowest BCUT2D eigenvalue weighted by Gasteiger charge is -2.07. The van der Waals surface area contributed by atoms with Crippen LogP contribution in [-0.4, -0.2) is 18.9 Å². The van der Waals surface area contributed by atoms with E-state index in [-0.39, 0.29) is 23.7 Å². The molecule has 0 aromatic heterocycles. The molecular formula is C18H18N2O3. The maximum Gasteiger partial charge on any atom is 0.228 e. The van der Waals surface area contributed by atoms with Gasteiger partial charge in [0, 0.05) is 17.4 Å². The first-order chi connectivity index (χ1) is 11.2. The summed E-state index contributed by atoms with van der Waals surface area (Å²) in [6.07, 6.45) is 0.578. The molecule has 0 heterocycles. The molecule has 2 atom stereocenters. The van der Waals surface area contributed by atoms with E-state index < -0.39 is 0 Å². The number of rotatable bonds is 5. The molecule has 2 aromatic carbocycles. The SMILES string of the molecule is COc1cccc(NC(=O)C2CC2C(=O)Nc2ccccc2)c1. The van der Waals surface area contributed by atoms with Gasteiger partial charge in [-0.15, -0.1) is 0 Å². The molecule has 0 radical (unpaired) electrons. The summed E-state index contributed by atoms with van der Waals surface area (Å²) >= 11 is 0. The second-order valence-corrected chi connectivity index (χ2v) is 5.53. The Hall–Kier alpha value is -2.82. The number of carbonyl (C=O) groups is 2. The number of methoxy groups -OCH3 is 1. The third kappa shape index (κ3) is 3.69. The van der Waals surface area contributed by atoms with Crippen molar-refractivity contribution in [3.05, 3.63) is 54.6 Å². The molecule has 2 aromatic rings. The summed E-state index contributed by atoms with van der Waals surface area (Å²) in [5.74, 6) is -0.101. The first-order valence-electron chi connectivity index (χ1n) is 7.48. The minimum absolute atomic E-state index is 0.109. The van der Waals surface area contributed by atoms with Crippen LogP contribution < -0.4 is 15.4 Å². The smallest absolute Gasteiger partial charge is 0.228 e. The summed E-state index contributed by atoms with van der Waals surface area (Å²) in [7, 11) is 1.58. The number of carbonyl (C=O) groups excluding carboxylic acids is 2. The lowest BCUT2D eigenvalue weighted by molar-refractivity contribution is -0.122. The molecule has 2 unspecified atom stereocenters. The molecule has 1 aliphatic rings. The molecule has 23 heavy (non-hydrogen) atoms. The van der Waals surface area contributed by atoms with Crippen molar-refractivity contribution in [1.29, 1.82) is 0 Å². The number of para-hydroxylation sites is 1. The average Bonchev–Trinajstić information content (AvgIpc) is 3.37. The van der Waals surface area contributed by atoms with Gasteiger partial charge < -0.3 is 15.4 Å². The quantitative estimate of drug-likeness (QED) is 0.892. The summed E-state index contributed by atoms with van der Waals surface area (Å²) in [6, 6.07) is 16.4. The van der Waals surface area contributed by atoms with Crippen LogP contribution in [0.25, 0.3) is 0 Å². The van der Waals surface area contributed by atoms with Crippen LogP contribution in [-0.2, 0) is 9.59 Å². The van der Waals surface area contributed by atoms with Crippen LogP contribution in [0.2, 0.25) is 0 Å². The van der Waals surface area contributed by atoms with Gasteiger partial charge in [0.2, 0.25) is 11.8 Å². The Kier molecular flexibility index (Phi) is 4.28. The Morgan fingerprint density at radius 1 is 0.913 bits per heavy atom. The third-order valence-corrected chi connectivity index (χ3v) is 3.84. The Balaban J connectivity index is 1.55. The number of anilines is 2. The lowest BCUT2D eigenvalue weighted by atomic mass is 10.2. The van der Waals surface area contributed by atoms with E-state index in [9.17, 15) is 9.59 Å². The predicted octanol–water partition coefficient (Wildman–Crippen LogP) is 2.91. The van der Waals surface area contributed by atoms with Crippen LogP contribution in [0.1, 0.15) is 6.42 Å². The van der Waals surface area contributed by atoms with Gasteiger partial charge in [-0.1, -0.05) is 24.3 Å². The highest BCUT2D eigenvalue weighted by molar-refractivity contribution is 6.03. The van der Waals surface area contributed by atoms with Gasteiger partial charge in [-0.25, -0.2) is 0 Å². The van der Waals surface area contributed by atoms with E-state index in [4.69, 9.17) is 4.74 Å². The molecule has 5 heteroatoms. The minimum Gasteiger partial charge on any atom is -0.497 e. The first-order valence-corrected chi connectivity index (χ1v) is 7.48. The van der Waals surface area contributed by atoms with Gasteiger partial charge in [-0.3, -0.25) is 9.59 Å². The zero-order valence-electron chi connectivity index (χ0n) is 12.8. The topological polar surface area (TPSA) is 67.4 Å². The van der Waals surface area contributed by atoms with Gasteiger partial charge in [0.25, 0.3) is 0 Å². The maximum atomic E-state index is 12.2. The minimum atomic E-state index is -0.273. The highest BCUT2D eigenvalue weighted by atomic mass is 16.5. The number of amides is 2. The van der Waals surface area contributed by atoms with Gasteiger partial charge >= 0.3 is 0 Å². The molecule has 0 spiro atoms. The fourth-order valence-corrected chi connectivity index (χ4v) is 2.47. The van der Waals surface area contributed by atoms with Crippen LogP contribution in [0.3, 0.4) is 0 Å². The van der Waals surface area contributed by atoms with Crippen LogP contribution in [0.15, 0.2) is 54.6 Å². The standard InChI is InChI=1S/C18H18N2O3/c1-23-14-9-5-8-13(10-14)20-18(22)16-11-15(16)17(21)19-12-6-3-2-4-7-12/h2-10,15-16H,11H2,1H3,(H,19,21)(H,20,22). The highest BCUT2D eigenvalue weighted by Gasteiger charge is 2.48. The van der Waals surface area contributed by atoms with E-state index in [1.807, 2.05) is 36.4 Å². The molecule has 0 saturated heterocycles. The zero-order valence-corrected chi connectivity index (χ0v) is 12.8. The summed E-state index contributed by atoms with van der Waals surface area (Å²) < 4.78 is 5.12. The van der Waals surface area contributed by atoms with E-state index in [1.54, 1.807) is 25.3 Å². The number of benzene rings is 2. The predicted molar refractivity (Wildman–Crippen MR) is 88.3 cm³/mol. The molecule has 0 bridgehead atoms. The fourth-order valence-electron chi connectivity index (χ4n) is 2.47. The molecule has 118 valence electrons. The summed E-state index contributed by atoms with van der Waals surface area (Å²) in [6.45, 7) is 0. The Bertz CT molecular complexity index is 715. The van der Waals surface area contributed by atoms with Crippen LogP contribution in [0.5, 0.6) is 5.75 Å². The zero-order chi connectivity index (χ0) is 16.2. The van der Waals surface area contributed by atoms with E-state index in [0.717, 1.165) is 5.69 Å². The lowest BCUT2D eigenvalue weighted by Crippen LogP contribution is -2.20. The monoisotopic (exact) mass is 310 g/mol. The van der Waals surface area contributed by atoms with Crippen molar-refractivity contribution in [3.8, 4) is 5.75 Å². The van der Waals surface area contributed by atoms with Crippen LogP contribution in [0, 0.1) is 11.8 Å². The number of hydrogen-bond donors (Lipinski definition) is 2. The van der Waals surface area contributed by atoms with Crippen molar-refractivity contribution in [2.75, 3.05) is 17.7 Å². The van der Waals surface area contributed by atoms with Gasteiger partial charge in [0.05, 0.1) is 18.9 Å².